The van der Waals surface area contributed by atoms with Gasteiger partial charge in [-0.2, -0.15) is 18.3 Å². The summed E-state index contributed by atoms with van der Waals surface area (Å²) in [5.41, 5.74) is -2.05. The smallest absolute Gasteiger partial charge is 0.419 e. The molecule has 0 saturated heterocycles. The summed E-state index contributed by atoms with van der Waals surface area (Å²) in [4.78, 5) is 6.36. The molecule has 0 unspecified atom stereocenters. The lowest BCUT2D eigenvalue weighted by Gasteiger charge is -2.35. The molecular formula is C19H17F5N4O. The fraction of sp³-hybridized carbons (Fsp3) is 0.368. The Bertz CT molecular complexity index is 1100. The predicted molar refractivity (Wildman–Crippen MR) is 96.6 cm³/mol. The van der Waals surface area contributed by atoms with E-state index in [-0.39, 0.29) is 11.1 Å². The van der Waals surface area contributed by atoms with Crippen molar-refractivity contribution >= 4 is 16.7 Å². The zero-order valence-electron chi connectivity index (χ0n) is 15.6. The van der Waals surface area contributed by atoms with E-state index in [1.807, 2.05) is 11.9 Å². The molecular weight excluding hydrogens is 395 g/mol. The summed E-state index contributed by atoms with van der Waals surface area (Å²) >= 11 is 0. The van der Waals surface area contributed by atoms with Gasteiger partial charge in [-0.1, -0.05) is 0 Å². The highest BCUT2D eigenvalue weighted by atomic mass is 19.4. The third kappa shape index (κ3) is 3.06. The summed E-state index contributed by atoms with van der Waals surface area (Å²) in [5.74, 6) is -4.59. The van der Waals surface area contributed by atoms with Crippen molar-refractivity contribution in [2.24, 2.45) is 7.05 Å². The highest BCUT2D eigenvalue weighted by molar-refractivity contribution is 5.94. The molecule has 4 rings (SSSR count). The third-order valence-electron chi connectivity index (χ3n) is 5.44. The second-order valence-corrected chi connectivity index (χ2v) is 7.17. The molecule has 1 aromatic carbocycles. The molecule has 1 saturated carbocycles. The average Bonchev–Trinajstić information content (AvgIpc) is 2.93. The van der Waals surface area contributed by atoms with E-state index < -0.39 is 34.7 Å². The van der Waals surface area contributed by atoms with Gasteiger partial charge in [0, 0.05) is 43.4 Å². The van der Waals surface area contributed by atoms with Crippen LogP contribution in [0.15, 0.2) is 18.3 Å². The molecule has 154 valence electrons. The van der Waals surface area contributed by atoms with Gasteiger partial charge in [-0.25, -0.2) is 13.8 Å². The Morgan fingerprint density at radius 3 is 2.45 bits per heavy atom. The number of pyridine rings is 1. The number of rotatable bonds is 3. The molecule has 0 amide bonds. The van der Waals surface area contributed by atoms with Gasteiger partial charge >= 0.3 is 6.18 Å². The van der Waals surface area contributed by atoms with Gasteiger partial charge in [-0.15, -0.1) is 0 Å². The van der Waals surface area contributed by atoms with Crippen LogP contribution in [0.1, 0.15) is 24.8 Å². The number of hydrogen-bond donors (Lipinski definition) is 1. The van der Waals surface area contributed by atoms with Crippen molar-refractivity contribution < 1.29 is 27.1 Å². The normalized spacial score (nSPS) is 15.0. The van der Waals surface area contributed by atoms with Gasteiger partial charge in [0.25, 0.3) is 0 Å². The lowest BCUT2D eigenvalue weighted by molar-refractivity contribution is -0.140. The largest absolute Gasteiger partial charge is 0.503 e. The van der Waals surface area contributed by atoms with Crippen molar-refractivity contribution in [3.63, 3.8) is 0 Å². The molecule has 0 atom stereocenters. The van der Waals surface area contributed by atoms with Gasteiger partial charge in [-0.05, 0) is 25.3 Å². The number of alkyl halides is 3. The molecule has 0 spiro atoms. The van der Waals surface area contributed by atoms with Crippen LogP contribution in [0.2, 0.25) is 0 Å². The molecule has 1 aliphatic rings. The molecule has 1 N–H and O–H groups in total. The van der Waals surface area contributed by atoms with Gasteiger partial charge in [0.1, 0.15) is 11.5 Å². The Hall–Kier alpha value is -2.91. The predicted octanol–water partition coefficient (Wildman–Crippen LogP) is 4.63. The van der Waals surface area contributed by atoms with Crippen molar-refractivity contribution in [2.75, 3.05) is 11.9 Å². The maximum absolute atomic E-state index is 14.5. The Morgan fingerprint density at radius 1 is 1.17 bits per heavy atom. The molecule has 1 fully saturated rings. The number of phenolic OH excluding ortho intramolecular Hbond substituents is 1. The van der Waals surface area contributed by atoms with Crippen LogP contribution in [0.5, 0.6) is 5.75 Å². The van der Waals surface area contributed by atoms with Crippen molar-refractivity contribution in [1.82, 2.24) is 14.8 Å². The molecule has 10 heteroatoms. The molecule has 5 nitrogen and oxygen atoms in total. The average molecular weight is 412 g/mol. The van der Waals surface area contributed by atoms with Gasteiger partial charge in [-0.3, -0.25) is 4.68 Å². The third-order valence-corrected chi connectivity index (χ3v) is 5.44. The van der Waals surface area contributed by atoms with Crippen LogP contribution in [-0.2, 0) is 13.2 Å². The number of nitrogens with zero attached hydrogens (tertiary/aromatic N) is 4. The first-order valence-corrected chi connectivity index (χ1v) is 8.93. The lowest BCUT2D eigenvalue weighted by atomic mass is 9.92. The molecule has 0 bridgehead atoms. The number of aromatic hydroxyl groups is 1. The van der Waals surface area contributed by atoms with E-state index in [9.17, 15) is 27.1 Å². The summed E-state index contributed by atoms with van der Waals surface area (Å²) in [6.07, 6.45) is -0.469. The number of aryl methyl sites for hydroxylation is 1. The summed E-state index contributed by atoms with van der Waals surface area (Å²) in [7, 11) is 3.47. The van der Waals surface area contributed by atoms with Gasteiger partial charge in [0.15, 0.2) is 17.4 Å². The zero-order valence-corrected chi connectivity index (χ0v) is 15.6. The van der Waals surface area contributed by atoms with E-state index in [1.54, 1.807) is 13.1 Å². The van der Waals surface area contributed by atoms with Crippen molar-refractivity contribution in [3.05, 3.63) is 35.5 Å². The standard InChI is InChI=1S/C19H17F5N4O/c1-27(9-4-3-5-9)14-7-13-11(8-25-14)17(26-28(13)2)10-6-12(19(22,23)24)16(21)18(29)15(10)20/h6-9,29H,3-5H2,1-2H3. The Labute approximate surface area is 162 Å². The maximum atomic E-state index is 14.5. The summed E-state index contributed by atoms with van der Waals surface area (Å²) in [6.45, 7) is 0. The summed E-state index contributed by atoms with van der Waals surface area (Å²) in [5, 5.41) is 14.0. The number of halogens is 5. The second kappa shape index (κ2) is 6.57. The SMILES string of the molecule is CN(c1cc2c(cn1)c(-c1cc(C(F)(F)F)c(F)c(O)c1F)nn2C)C1CCC1. The molecule has 2 heterocycles. The maximum Gasteiger partial charge on any atom is 0.419 e. The van der Waals surface area contributed by atoms with E-state index in [2.05, 4.69) is 10.1 Å². The molecule has 1 aliphatic carbocycles. The molecule has 2 aromatic heterocycles. The molecule has 3 aromatic rings. The van der Waals surface area contributed by atoms with Crippen LogP contribution in [0.25, 0.3) is 22.2 Å². The van der Waals surface area contributed by atoms with E-state index in [4.69, 9.17) is 0 Å². The Kier molecular flexibility index (Phi) is 4.39. The topological polar surface area (TPSA) is 54.2 Å². The first-order chi connectivity index (χ1) is 13.6. The zero-order chi connectivity index (χ0) is 21.1. The monoisotopic (exact) mass is 412 g/mol. The fourth-order valence-electron chi connectivity index (χ4n) is 3.50. The molecule has 0 aliphatic heterocycles. The van der Waals surface area contributed by atoms with E-state index >= 15 is 0 Å². The quantitative estimate of drug-likeness (QED) is 0.638. The van der Waals surface area contributed by atoms with Crippen LogP contribution in [0.4, 0.5) is 27.8 Å². The Balaban J connectivity index is 1.88. The van der Waals surface area contributed by atoms with Crippen LogP contribution in [-0.4, -0.2) is 33.0 Å². The fourth-order valence-corrected chi connectivity index (χ4v) is 3.50. The van der Waals surface area contributed by atoms with Gasteiger partial charge in [0.2, 0.25) is 0 Å². The van der Waals surface area contributed by atoms with Crippen molar-refractivity contribution in [3.8, 4) is 17.0 Å². The number of hydrogen-bond acceptors (Lipinski definition) is 4. The van der Waals surface area contributed by atoms with Crippen LogP contribution in [0.3, 0.4) is 0 Å². The molecule has 29 heavy (non-hydrogen) atoms. The van der Waals surface area contributed by atoms with Crippen molar-refractivity contribution in [2.45, 2.75) is 31.5 Å². The van der Waals surface area contributed by atoms with Gasteiger partial charge in [0.05, 0.1) is 11.1 Å². The van der Waals surface area contributed by atoms with E-state index in [0.29, 0.717) is 23.4 Å². The summed E-state index contributed by atoms with van der Waals surface area (Å²) < 4.78 is 69.0. The first-order valence-electron chi connectivity index (χ1n) is 8.93. The highest BCUT2D eigenvalue weighted by Gasteiger charge is 2.38. The minimum atomic E-state index is -5.11. The lowest BCUT2D eigenvalue weighted by Crippen LogP contribution is -2.37. The van der Waals surface area contributed by atoms with Gasteiger partial charge < -0.3 is 10.0 Å². The number of anilines is 1. The van der Waals surface area contributed by atoms with Crippen LogP contribution >= 0.6 is 0 Å². The van der Waals surface area contributed by atoms with E-state index in [0.717, 1.165) is 19.3 Å². The number of aromatic nitrogens is 3. The number of phenols is 1. The second-order valence-electron chi connectivity index (χ2n) is 7.17. The number of fused-ring (bicyclic) bond motifs is 1. The van der Waals surface area contributed by atoms with E-state index in [1.165, 1.54) is 10.9 Å². The minimum absolute atomic E-state index is 0.161. The van der Waals surface area contributed by atoms with Crippen LogP contribution < -0.4 is 4.90 Å². The van der Waals surface area contributed by atoms with Crippen LogP contribution in [0, 0.1) is 11.6 Å². The summed E-state index contributed by atoms with van der Waals surface area (Å²) in [6, 6.07) is 2.41. The highest BCUT2D eigenvalue weighted by Crippen LogP contribution is 2.41. The number of benzene rings is 1. The first kappa shape index (κ1) is 19.4. The molecule has 0 radical (unpaired) electrons. The minimum Gasteiger partial charge on any atom is -0.503 e. The van der Waals surface area contributed by atoms with Crippen molar-refractivity contribution in [1.29, 1.82) is 0 Å². The Morgan fingerprint density at radius 2 is 1.86 bits per heavy atom.